The second-order valence-electron chi connectivity index (χ2n) is 4.01. The third kappa shape index (κ3) is 4.33. The first-order valence-electron chi connectivity index (χ1n) is 6.12. The number of hydrogen-bond acceptors (Lipinski definition) is 2. The van der Waals surface area contributed by atoms with Crippen LogP contribution in [0, 0.1) is 0 Å². The monoisotopic (exact) mass is 222 g/mol. The average Bonchev–Trinajstić information content (AvgIpc) is 2.34. The van der Waals surface area contributed by atoms with Gasteiger partial charge in [-0.05, 0) is 24.0 Å². The summed E-state index contributed by atoms with van der Waals surface area (Å²) < 4.78 is 5.36. The summed E-state index contributed by atoms with van der Waals surface area (Å²) in [6.45, 7) is 5.62. The highest BCUT2D eigenvalue weighted by atomic mass is 16.5. The second-order valence-corrected chi connectivity index (χ2v) is 4.01. The smallest absolute Gasteiger partial charge is 0.0812 e. The Bertz CT molecular complexity index is 279. The van der Waals surface area contributed by atoms with Gasteiger partial charge in [0.05, 0.1) is 6.10 Å². The van der Waals surface area contributed by atoms with Crippen LogP contribution in [0.4, 0.5) is 0 Å². The summed E-state index contributed by atoms with van der Waals surface area (Å²) in [7, 11) is 0. The molecule has 16 heavy (non-hydrogen) atoms. The van der Waals surface area contributed by atoms with Crippen molar-refractivity contribution < 1.29 is 9.84 Å². The van der Waals surface area contributed by atoms with Gasteiger partial charge in [0.25, 0.3) is 0 Å². The third-order valence-corrected chi connectivity index (χ3v) is 2.66. The Hall–Kier alpha value is -0.860. The van der Waals surface area contributed by atoms with Crippen LogP contribution in [-0.2, 0) is 11.2 Å². The van der Waals surface area contributed by atoms with Gasteiger partial charge in [-0.25, -0.2) is 0 Å². The summed E-state index contributed by atoms with van der Waals surface area (Å²) >= 11 is 0. The lowest BCUT2D eigenvalue weighted by Gasteiger charge is -2.11. The van der Waals surface area contributed by atoms with Gasteiger partial charge < -0.3 is 9.84 Å². The Morgan fingerprint density at radius 1 is 1.12 bits per heavy atom. The maximum atomic E-state index is 9.90. The molecule has 0 radical (unpaired) electrons. The number of ether oxygens (including phenoxy) is 1. The van der Waals surface area contributed by atoms with Crippen molar-refractivity contribution in [3.8, 4) is 0 Å². The van der Waals surface area contributed by atoms with Gasteiger partial charge in [0.2, 0.25) is 0 Å². The quantitative estimate of drug-likeness (QED) is 0.718. The predicted octanol–water partition coefficient (Wildman–Crippen LogP) is 3.10. The molecule has 90 valence electrons. The molecule has 0 aliphatic carbocycles. The molecule has 0 fully saturated rings. The van der Waals surface area contributed by atoms with Crippen LogP contribution in [0.2, 0.25) is 0 Å². The Labute approximate surface area is 98.3 Å². The van der Waals surface area contributed by atoms with E-state index in [1.165, 1.54) is 5.56 Å². The molecule has 0 spiro atoms. The van der Waals surface area contributed by atoms with Gasteiger partial charge in [0, 0.05) is 19.6 Å². The highest BCUT2D eigenvalue weighted by molar-refractivity contribution is 5.24. The van der Waals surface area contributed by atoms with E-state index in [9.17, 15) is 5.11 Å². The molecule has 1 N–H and O–H groups in total. The van der Waals surface area contributed by atoms with Crippen LogP contribution >= 0.6 is 0 Å². The molecular weight excluding hydrogens is 200 g/mol. The molecule has 1 aromatic rings. The molecule has 1 rings (SSSR count). The Kier molecular flexibility index (Phi) is 6.12. The SMILES string of the molecule is CCCOCCC(O)c1ccc(CC)cc1. The predicted molar refractivity (Wildman–Crippen MR) is 66.5 cm³/mol. The van der Waals surface area contributed by atoms with Gasteiger partial charge >= 0.3 is 0 Å². The van der Waals surface area contributed by atoms with Gasteiger partial charge in [-0.2, -0.15) is 0 Å². The Balaban J connectivity index is 2.37. The third-order valence-electron chi connectivity index (χ3n) is 2.66. The van der Waals surface area contributed by atoms with Crippen LogP contribution in [-0.4, -0.2) is 18.3 Å². The summed E-state index contributed by atoms with van der Waals surface area (Å²) in [4.78, 5) is 0. The van der Waals surface area contributed by atoms with Crippen molar-refractivity contribution in [2.75, 3.05) is 13.2 Å². The van der Waals surface area contributed by atoms with Crippen molar-refractivity contribution in [2.24, 2.45) is 0 Å². The number of hydrogen-bond donors (Lipinski definition) is 1. The highest BCUT2D eigenvalue weighted by Gasteiger charge is 2.06. The normalized spacial score (nSPS) is 12.7. The highest BCUT2D eigenvalue weighted by Crippen LogP contribution is 2.17. The van der Waals surface area contributed by atoms with Gasteiger partial charge in [0.15, 0.2) is 0 Å². The zero-order valence-electron chi connectivity index (χ0n) is 10.3. The van der Waals surface area contributed by atoms with E-state index < -0.39 is 6.10 Å². The van der Waals surface area contributed by atoms with Crippen LogP contribution in [0.15, 0.2) is 24.3 Å². The minimum absolute atomic E-state index is 0.400. The minimum Gasteiger partial charge on any atom is -0.388 e. The van der Waals surface area contributed by atoms with Crippen LogP contribution in [0.3, 0.4) is 0 Å². The van der Waals surface area contributed by atoms with Crippen LogP contribution in [0.25, 0.3) is 0 Å². The van der Waals surface area contributed by atoms with E-state index in [0.29, 0.717) is 13.0 Å². The maximum absolute atomic E-state index is 9.90. The van der Waals surface area contributed by atoms with Crippen molar-refractivity contribution in [1.82, 2.24) is 0 Å². The molecule has 0 aliphatic rings. The van der Waals surface area contributed by atoms with E-state index in [2.05, 4.69) is 26.0 Å². The molecule has 1 aromatic carbocycles. The number of aliphatic hydroxyl groups is 1. The van der Waals surface area contributed by atoms with Gasteiger partial charge in [-0.3, -0.25) is 0 Å². The molecule has 0 amide bonds. The first-order valence-corrected chi connectivity index (χ1v) is 6.12. The average molecular weight is 222 g/mol. The van der Waals surface area contributed by atoms with Gasteiger partial charge in [-0.15, -0.1) is 0 Å². The summed E-state index contributed by atoms with van der Waals surface area (Å²) in [6, 6.07) is 8.16. The number of benzene rings is 1. The maximum Gasteiger partial charge on any atom is 0.0812 e. The molecule has 0 saturated heterocycles. The van der Waals surface area contributed by atoms with E-state index in [4.69, 9.17) is 4.74 Å². The largest absolute Gasteiger partial charge is 0.388 e. The van der Waals surface area contributed by atoms with Crippen molar-refractivity contribution >= 4 is 0 Å². The van der Waals surface area contributed by atoms with Crippen molar-refractivity contribution in [2.45, 2.75) is 39.2 Å². The van der Waals surface area contributed by atoms with Gasteiger partial charge in [0.1, 0.15) is 0 Å². The lowest BCUT2D eigenvalue weighted by Crippen LogP contribution is -2.04. The second kappa shape index (κ2) is 7.42. The standard InChI is InChI=1S/C14H22O2/c1-3-10-16-11-9-14(15)13-7-5-12(4-2)6-8-13/h5-8,14-15H,3-4,9-11H2,1-2H3. The fourth-order valence-electron chi connectivity index (χ4n) is 1.58. The van der Waals surface area contributed by atoms with Gasteiger partial charge in [-0.1, -0.05) is 38.1 Å². The summed E-state index contributed by atoms with van der Waals surface area (Å²) in [5.41, 5.74) is 2.29. The first kappa shape index (κ1) is 13.2. The zero-order valence-corrected chi connectivity index (χ0v) is 10.3. The zero-order chi connectivity index (χ0) is 11.8. The molecule has 0 saturated carbocycles. The Morgan fingerprint density at radius 2 is 1.81 bits per heavy atom. The fourth-order valence-corrected chi connectivity index (χ4v) is 1.58. The van der Waals surface area contributed by atoms with Crippen LogP contribution in [0.5, 0.6) is 0 Å². The number of rotatable bonds is 7. The summed E-state index contributed by atoms with van der Waals surface area (Å²) in [5.74, 6) is 0. The molecule has 2 nitrogen and oxygen atoms in total. The van der Waals surface area contributed by atoms with E-state index in [-0.39, 0.29) is 0 Å². The summed E-state index contributed by atoms with van der Waals surface area (Å²) in [5, 5.41) is 9.90. The van der Waals surface area contributed by atoms with E-state index >= 15 is 0 Å². The molecule has 0 bridgehead atoms. The van der Waals surface area contributed by atoms with E-state index in [0.717, 1.165) is 25.0 Å². The molecule has 0 heterocycles. The molecule has 1 atom stereocenters. The van der Waals surface area contributed by atoms with Crippen LogP contribution in [0.1, 0.15) is 43.9 Å². The van der Waals surface area contributed by atoms with Crippen molar-refractivity contribution in [3.05, 3.63) is 35.4 Å². The number of aryl methyl sites for hydroxylation is 1. The lowest BCUT2D eigenvalue weighted by molar-refractivity contribution is 0.0822. The molecule has 0 aromatic heterocycles. The minimum atomic E-state index is -0.400. The Morgan fingerprint density at radius 3 is 2.38 bits per heavy atom. The van der Waals surface area contributed by atoms with Crippen molar-refractivity contribution in [3.63, 3.8) is 0 Å². The molecule has 1 unspecified atom stereocenters. The first-order chi connectivity index (χ1) is 7.77. The lowest BCUT2D eigenvalue weighted by atomic mass is 10.0. The summed E-state index contributed by atoms with van der Waals surface area (Å²) in [6.07, 6.45) is 2.34. The van der Waals surface area contributed by atoms with E-state index in [1.54, 1.807) is 0 Å². The molecule has 0 aliphatic heterocycles. The fraction of sp³-hybridized carbons (Fsp3) is 0.571. The number of aliphatic hydroxyl groups excluding tert-OH is 1. The topological polar surface area (TPSA) is 29.5 Å². The molecular formula is C14H22O2. The van der Waals surface area contributed by atoms with Crippen LogP contribution < -0.4 is 0 Å². The van der Waals surface area contributed by atoms with E-state index in [1.807, 2.05) is 12.1 Å². The molecule has 2 heteroatoms. The van der Waals surface area contributed by atoms with Crippen molar-refractivity contribution in [1.29, 1.82) is 0 Å².